The summed E-state index contributed by atoms with van der Waals surface area (Å²) in [5.74, 6) is 0.787. The number of hydrogen-bond donors (Lipinski definition) is 1. The molecule has 0 unspecified atom stereocenters. The van der Waals surface area contributed by atoms with Gasteiger partial charge in [0.25, 0.3) is 0 Å². The lowest BCUT2D eigenvalue weighted by Gasteiger charge is -2.11. The normalized spacial score (nSPS) is 12.5. The summed E-state index contributed by atoms with van der Waals surface area (Å²) >= 11 is 3.36. The van der Waals surface area contributed by atoms with Crippen LogP contribution in [-0.4, -0.2) is 17.8 Å². The van der Waals surface area contributed by atoms with E-state index in [2.05, 4.69) is 15.9 Å². The van der Waals surface area contributed by atoms with Crippen LogP contribution in [0, 0.1) is 0 Å². The van der Waals surface area contributed by atoms with Gasteiger partial charge in [-0.2, -0.15) is 0 Å². The van der Waals surface area contributed by atoms with Crippen molar-refractivity contribution in [2.24, 2.45) is 0 Å². The molecule has 1 aromatic rings. The van der Waals surface area contributed by atoms with Crippen LogP contribution in [0.15, 0.2) is 28.7 Å². The molecule has 2 nitrogen and oxygen atoms in total. The van der Waals surface area contributed by atoms with E-state index < -0.39 is 0 Å². The van der Waals surface area contributed by atoms with Gasteiger partial charge in [-0.05, 0) is 24.6 Å². The van der Waals surface area contributed by atoms with Crippen LogP contribution >= 0.6 is 15.9 Å². The number of halogens is 1. The predicted octanol–water partition coefficient (Wildman–Crippen LogP) is 2.99. The van der Waals surface area contributed by atoms with Crippen molar-refractivity contribution in [2.75, 3.05) is 6.61 Å². The van der Waals surface area contributed by atoms with E-state index in [4.69, 9.17) is 4.74 Å². The zero-order valence-corrected chi connectivity index (χ0v) is 9.83. The first-order chi connectivity index (χ1) is 6.72. The number of benzene rings is 1. The standard InChI is InChI=1S/C11H15BrO2/c1-2-4-10(13)8-14-11-6-3-5-9(12)7-11/h3,5-7,10,13H,2,4,8H2,1H3/t10-/m1/s1. The Morgan fingerprint density at radius 3 is 2.93 bits per heavy atom. The Balaban J connectivity index is 2.37. The SMILES string of the molecule is CCC[C@@H](O)COc1cccc(Br)c1. The molecule has 1 rings (SSSR count). The van der Waals surface area contributed by atoms with Crippen molar-refractivity contribution in [3.05, 3.63) is 28.7 Å². The lowest BCUT2D eigenvalue weighted by molar-refractivity contribution is 0.0993. The van der Waals surface area contributed by atoms with Gasteiger partial charge in [0.15, 0.2) is 0 Å². The summed E-state index contributed by atoms with van der Waals surface area (Å²) in [4.78, 5) is 0. The lowest BCUT2D eigenvalue weighted by atomic mass is 10.2. The molecule has 78 valence electrons. The van der Waals surface area contributed by atoms with Gasteiger partial charge in [0, 0.05) is 4.47 Å². The number of ether oxygens (including phenoxy) is 1. The number of aliphatic hydroxyl groups excluding tert-OH is 1. The maximum atomic E-state index is 9.44. The zero-order valence-electron chi connectivity index (χ0n) is 8.24. The Kier molecular flexibility index (Phi) is 4.98. The summed E-state index contributed by atoms with van der Waals surface area (Å²) in [6.45, 7) is 2.41. The number of rotatable bonds is 5. The summed E-state index contributed by atoms with van der Waals surface area (Å²) in [6, 6.07) is 7.61. The zero-order chi connectivity index (χ0) is 10.4. The van der Waals surface area contributed by atoms with Crippen LogP contribution in [0.3, 0.4) is 0 Å². The van der Waals surface area contributed by atoms with Gasteiger partial charge >= 0.3 is 0 Å². The topological polar surface area (TPSA) is 29.5 Å². The summed E-state index contributed by atoms with van der Waals surface area (Å²) in [5.41, 5.74) is 0. The Hall–Kier alpha value is -0.540. The van der Waals surface area contributed by atoms with Crippen molar-refractivity contribution >= 4 is 15.9 Å². The molecule has 0 aliphatic rings. The van der Waals surface area contributed by atoms with E-state index in [1.165, 1.54) is 0 Å². The fourth-order valence-electron chi connectivity index (χ4n) is 1.17. The second-order valence-electron chi connectivity index (χ2n) is 3.21. The molecular formula is C11H15BrO2. The van der Waals surface area contributed by atoms with Gasteiger partial charge in [-0.3, -0.25) is 0 Å². The van der Waals surface area contributed by atoms with E-state index >= 15 is 0 Å². The molecule has 0 aliphatic carbocycles. The summed E-state index contributed by atoms with van der Waals surface area (Å²) in [7, 11) is 0. The predicted molar refractivity (Wildman–Crippen MR) is 60.6 cm³/mol. The van der Waals surface area contributed by atoms with Crippen LogP contribution in [-0.2, 0) is 0 Å². The van der Waals surface area contributed by atoms with E-state index in [0.717, 1.165) is 23.1 Å². The maximum Gasteiger partial charge on any atom is 0.120 e. The van der Waals surface area contributed by atoms with E-state index in [0.29, 0.717) is 6.61 Å². The fourth-order valence-corrected chi connectivity index (χ4v) is 1.54. The van der Waals surface area contributed by atoms with Gasteiger partial charge in [0.05, 0.1) is 6.10 Å². The third kappa shape index (κ3) is 4.11. The van der Waals surface area contributed by atoms with Crippen molar-refractivity contribution in [3.8, 4) is 5.75 Å². The molecule has 0 bridgehead atoms. The molecule has 0 saturated heterocycles. The first kappa shape index (κ1) is 11.5. The summed E-state index contributed by atoms with van der Waals surface area (Å²) in [5, 5.41) is 9.44. The van der Waals surface area contributed by atoms with Crippen molar-refractivity contribution in [2.45, 2.75) is 25.9 Å². The van der Waals surface area contributed by atoms with Crippen LogP contribution in [0.4, 0.5) is 0 Å². The molecule has 0 saturated carbocycles. The van der Waals surface area contributed by atoms with Crippen molar-refractivity contribution in [3.63, 3.8) is 0 Å². The highest BCUT2D eigenvalue weighted by Crippen LogP contribution is 2.17. The van der Waals surface area contributed by atoms with Gasteiger partial charge in [-0.25, -0.2) is 0 Å². The molecule has 0 aliphatic heterocycles. The number of hydrogen-bond acceptors (Lipinski definition) is 2. The first-order valence-electron chi connectivity index (χ1n) is 4.78. The Labute approximate surface area is 93.0 Å². The van der Waals surface area contributed by atoms with Crippen LogP contribution in [0.25, 0.3) is 0 Å². The molecule has 1 aromatic carbocycles. The second-order valence-corrected chi connectivity index (χ2v) is 4.13. The van der Waals surface area contributed by atoms with Crippen LogP contribution in [0.1, 0.15) is 19.8 Å². The minimum Gasteiger partial charge on any atom is -0.491 e. The van der Waals surface area contributed by atoms with E-state index in [1.54, 1.807) is 0 Å². The summed E-state index contributed by atoms with van der Waals surface area (Å²) < 4.78 is 6.41. The third-order valence-electron chi connectivity index (χ3n) is 1.86. The van der Waals surface area contributed by atoms with Crippen LogP contribution in [0.2, 0.25) is 0 Å². The molecule has 0 heterocycles. The highest BCUT2D eigenvalue weighted by atomic mass is 79.9. The first-order valence-corrected chi connectivity index (χ1v) is 5.58. The number of aliphatic hydroxyl groups is 1. The fraction of sp³-hybridized carbons (Fsp3) is 0.455. The largest absolute Gasteiger partial charge is 0.491 e. The van der Waals surface area contributed by atoms with Gasteiger partial charge in [-0.1, -0.05) is 35.3 Å². The van der Waals surface area contributed by atoms with Crippen LogP contribution in [0.5, 0.6) is 5.75 Å². The minimum absolute atomic E-state index is 0.362. The Morgan fingerprint density at radius 2 is 2.29 bits per heavy atom. The molecule has 1 atom stereocenters. The molecule has 1 N–H and O–H groups in total. The third-order valence-corrected chi connectivity index (χ3v) is 2.35. The summed E-state index contributed by atoms with van der Waals surface area (Å²) in [6.07, 6.45) is 1.40. The molecule has 0 spiro atoms. The van der Waals surface area contributed by atoms with E-state index in [-0.39, 0.29) is 6.10 Å². The quantitative estimate of drug-likeness (QED) is 0.880. The Bertz CT molecular complexity index is 276. The minimum atomic E-state index is -0.362. The molecule has 3 heteroatoms. The van der Waals surface area contributed by atoms with Gasteiger partial charge in [-0.15, -0.1) is 0 Å². The monoisotopic (exact) mass is 258 g/mol. The molecule has 14 heavy (non-hydrogen) atoms. The smallest absolute Gasteiger partial charge is 0.120 e. The molecule has 0 aromatic heterocycles. The van der Waals surface area contributed by atoms with Gasteiger partial charge in [0.2, 0.25) is 0 Å². The second kappa shape index (κ2) is 6.04. The van der Waals surface area contributed by atoms with Crippen molar-refractivity contribution in [1.29, 1.82) is 0 Å². The van der Waals surface area contributed by atoms with Crippen LogP contribution < -0.4 is 4.74 Å². The maximum absolute atomic E-state index is 9.44. The Morgan fingerprint density at radius 1 is 1.50 bits per heavy atom. The highest BCUT2D eigenvalue weighted by molar-refractivity contribution is 9.10. The molecule has 0 amide bonds. The van der Waals surface area contributed by atoms with E-state index in [9.17, 15) is 5.11 Å². The average molecular weight is 259 g/mol. The molecule has 0 radical (unpaired) electrons. The lowest BCUT2D eigenvalue weighted by Crippen LogP contribution is -2.16. The average Bonchev–Trinajstić information content (AvgIpc) is 2.15. The van der Waals surface area contributed by atoms with Crippen molar-refractivity contribution in [1.82, 2.24) is 0 Å². The molecular weight excluding hydrogens is 244 g/mol. The van der Waals surface area contributed by atoms with Gasteiger partial charge in [0.1, 0.15) is 12.4 Å². The van der Waals surface area contributed by atoms with E-state index in [1.807, 2.05) is 31.2 Å². The van der Waals surface area contributed by atoms with Crippen molar-refractivity contribution < 1.29 is 9.84 Å². The van der Waals surface area contributed by atoms with Gasteiger partial charge < -0.3 is 9.84 Å². The molecule has 0 fully saturated rings. The highest BCUT2D eigenvalue weighted by Gasteiger charge is 2.03.